The summed E-state index contributed by atoms with van der Waals surface area (Å²) in [6.07, 6.45) is 0. The quantitative estimate of drug-likeness (QED) is 0.661. The van der Waals surface area contributed by atoms with Gasteiger partial charge in [0.2, 0.25) is 10.0 Å². The Morgan fingerprint density at radius 2 is 1.89 bits per heavy atom. The van der Waals surface area contributed by atoms with Gasteiger partial charge in [0.25, 0.3) is 0 Å². The summed E-state index contributed by atoms with van der Waals surface area (Å²) in [6, 6.07) is 7.95. The lowest BCUT2D eigenvalue weighted by molar-refractivity contribution is 0.184. The van der Waals surface area contributed by atoms with Crippen LogP contribution in [0.1, 0.15) is 18.1 Å². The molecule has 0 atom stereocenters. The van der Waals surface area contributed by atoms with Gasteiger partial charge in [-0.05, 0) is 11.1 Å². The minimum absolute atomic E-state index is 0.0906. The van der Waals surface area contributed by atoms with E-state index in [1.807, 2.05) is 24.3 Å². The van der Waals surface area contributed by atoms with Gasteiger partial charge >= 0.3 is 0 Å². The monoisotopic (exact) mass is 286 g/mol. The first-order valence-corrected chi connectivity index (χ1v) is 7.98. The smallest absolute Gasteiger partial charge is 0.212 e. The predicted octanol–water partition coefficient (Wildman–Crippen LogP) is 0.862. The van der Waals surface area contributed by atoms with Gasteiger partial charge in [-0.15, -0.1) is 0 Å². The molecule has 6 heteroatoms. The first-order chi connectivity index (χ1) is 9.09. The third kappa shape index (κ3) is 6.15. The second-order valence-corrected chi connectivity index (χ2v) is 6.12. The Bertz CT molecular complexity index is 475. The first-order valence-electron chi connectivity index (χ1n) is 6.33. The molecule has 0 saturated carbocycles. The zero-order valence-electron chi connectivity index (χ0n) is 11.5. The van der Waals surface area contributed by atoms with Crippen LogP contribution in [0.2, 0.25) is 0 Å². The van der Waals surface area contributed by atoms with Crippen LogP contribution in [-0.2, 0) is 27.9 Å². The van der Waals surface area contributed by atoms with Gasteiger partial charge in [0.1, 0.15) is 0 Å². The van der Waals surface area contributed by atoms with E-state index in [0.29, 0.717) is 26.2 Å². The van der Waals surface area contributed by atoms with E-state index in [-0.39, 0.29) is 5.75 Å². The van der Waals surface area contributed by atoms with Crippen LogP contribution in [0.5, 0.6) is 0 Å². The van der Waals surface area contributed by atoms with E-state index in [4.69, 9.17) is 4.74 Å². The Kier molecular flexibility index (Phi) is 7.01. The van der Waals surface area contributed by atoms with Crippen LogP contribution >= 0.6 is 0 Å². The average molecular weight is 286 g/mol. The van der Waals surface area contributed by atoms with Gasteiger partial charge in [-0.3, -0.25) is 0 Å². The van der Waals surface area contributed by atoms with Crippen LogP contribution in [0.15, 0.2) is 24.3 Å². The number of benzene rings is 1. The van der Waals surface area contributed by atoms with Crippen LogP contribution in [0.3, 0.4) is 0 Å². The van der Waals surface area contributed by atoms with Crippen molar-refractivity contribution < 1.29 is 13.2 Å². The zero-order valence-corrected chi connectivity index (χ0v) is 12.3. The van der Waals surface area contributed by atoms with E-state index in [2.05, 4.69) is 10.0 Å². The SMILES string of the molecule is CCNS(=O)(=O)CCNCc1ccccc1COC. The molecule has 0 fully saturated rings. The summed E-state index contributed by atoms with van der Waals surface area (Å²) in [5, 5.41) is 3.14. The van der Waals surface area contributed by atoms with Gasteiger partial charge in [0, 0.05) is 26.7 Å². The van der Waals surface area contributed by atoms with E-state index in [9.17, 15) is 8.42 Å². The van der Waals surface area contributed by atoms with E-state index in [1.54, 1.807) is 14.0 Å². The summed E-state index contributed by atoms with van der Waals surface area (Å²) in [6.45, 7) is 3.83. The maximum Gasteiger partial charge on any atom is 0.212 e. The van der Waals surface area contributed by atoms with Crippen LogP contribution < -0.4 is 10.0 Å². The molecule has 0 aliphatic heterocycles. The van der Waals surface area contributed by atoms with Crippen LogP contribution in [0.25, 0.3) is 0 Å². The molecular weight excluding hydrogens is 264 g/mol. The summed E-state index contributed by atoms with van der Waals surface area (Å²) >= 11 is 0. The Morgan fingerprint density at radius 3 is 2.53 bits per heavy atom. The molecular formula is C13H22N2O3S. The standard InChI is InChI=1S/C13H22N2O3S/c1-3-15-19(16,17)9-8-14-10-12-6-4-5-7-13(12)11-18-2/h4-7,14-15H,3,8-11H2,1-2H3. The highest BCUT2D eigenvalue weighted by atomic mass is 32.2. The second kappa shape index (κ2) is 8.27. The number of sulfonamides is 1. The zero-order chi connectivity index (χ0) is 14.1. The average Bonchev–Trinajstić information content (AvgIpc) is 2.37. The van der Waals surface area contributed by atoms with Crippen molar-refractivity contribution in [2.45, 2.75) is 20.1 Å². The van der Waals surface area contributed by atoms with E-state index >= 15 is 0 Å². The summed E-state index contributed by atoms with van der Waals surface area (Å²) in [4.78, 5) is 0. The minimum atomic E-state index is -3.14. The van der Waals surface area contributed by atoms with E-state index < -0.39 is 10.0 Å². The largest absolute Gasteiger partial charge is 0.380 e. The van der Waals surface area contributed by atoms with Gasteiger partial charge in [0.15, 0.2) is 0 Å². The molecule has 1 aromatic rings. The number of rotatable bonds is 9. The van der Waals surface area contributed by atoms with E-state index in [0.717, 1.165) is 11.1 Å². The van der Waals surface area contributed by atoms with Crippen molar-refractivity contribution in [3.8, 4) is 0 Å². The number of ether oxygens (including phenoxy) is 1. The first kappa shape index (κ1) is 16.1. The molecule has 5 nitrogen and oxygen atoms in total. The fourth-order valence-electron chi connectivity index (χ4n) is 1.75. The Balaban J connectivity index is 2.41. The molecule has 1 rings (SSSR count). The fourth-order valence-corrected chi connectivity index (χ4v) is 2.75. The second-order valence-electron chi connectivity index (χ2n) is 4.20. The van der Waals surface area contributed by atoms with Crippen molar-refractivity contribution in [2.24, 2.45) is 0 Å². The van der Waals surface area contributed by atoms with Crippen molar-refractivity contribution in [2.75, 3.05) is 26.0 Å². The highest BCUT2D eigenvalue weighted by molar-refractivity contribution is 7.89. The maximum absolute atomic E-state index is 11.4. The van der Waals surface area contributed by atoms with Gasteiger partial charge in [-0.25, -0.2) is 13.1 Å². The normalized spacial score (nSPS) is 11.7. The third-order valence-electron chi connectivity index (χ3n) is 2.65. The molecule has 108 valence electrons. The molecule has 0 bridgehead atoms. The van der Waals surface area contributed by atoms with Gasteiger partial charge < -0.3 is 10.1 Å². The summed E-state index contributed by atoms with van der Waals surface area (Å²) in [5.74, 6) is 0.0906. The number of hydrogen-bond donors (Lipinski definition) is 2. The molecule has 19 heavy (non-hydrogen) atoms. The van der Waals surface area contributed by atoms with Gasteiger partial charge in [0.05, 0.1) is 12.4 Å². The molecule has 0 unspecified atom stereocenters. The molecule has 2 N–H and O–H groups in total. The Hall–Kier alpha value is -0.950. The summed E-state index contributed by atoms with van der Waals surface area (Å²) < 4.78 is 30.5. The van der Waals surface area contributed by atoms with Crippen LogP contribution in [-0.4, -0.2) is 34.4 Å². The van der Waals surface area contributed by atoms with Crippen molar-refractivity contribution in [3.63, 3.8) is 0 Å². The molecule has 0 radical (unpaired) electrons. The fraction of sp³-hybridized carbons (Fsp3) is 0.538. The van der Waals surface area contributed by atoms with Crippen LogP contribution in [0.4, 0.5) is 0 Å². The number of nitrogens with one attached hydrogen (secondary N) is 2. The summed E-state index contributed by atoms with van der Waals surface area (Å²) in [7, 11) is -1.48. The third-order valence-corrected chi connectivity index (χ3v) is 4.12. The topological polar surface area (TPSA) is 67.4 Å². The molecule has 0 aliphatic rings. The lowest BCUT2D eigenvalue weighted by Gasteiger charge is -2.10. The highest BCUT2D eigenvalue weighted by Gasteiger charge is 2.07. The highest BCUT2D eigenvalue weighted by Crippen LogP contribution is 2.09. The maximum atomic E-state index is 11.4. The lowest BCUT2D eigenvalue weighted by Crippen LogP contribution is -2.31. The predicted molar refractivity (Wildman–Crippen MR) is 76.3 cm³/mol. The van der Waals surface area contributed by atoms with Crippen LogP contribution in [0, 0.1) is 0 Å². The molecule has 0 heterocycles. The summed E-state index contributed by atoms with van der Waals surface area (Å²) in [5.41, 5.74) is 2.25. The molecule has 0 spiro atoms. The Morgan fingerprint density at radius 1 is 1.21 bits per heavy atom. The number of hydrogen-bond acceptors (Lipinski definition) is 4. The number of methoxy groups -OCH3 is 1. The Labute approximate surface area is 115 Å². The van der Waals surface area contributed by atoms with Gasteiger partial charge in [-0.2, -0.15) is 0 Å². The molecule has 0 aliphatic carbocycles. The van der Waals surface area contributed by atoms with Crippen molar-refractivity contribution in [3.05, 3.63) is 35.4 Å². The molecule has 0 saturated heterocycles. The molecule has 1 aromatic carbocycles. The minimum Gasteiger partial charge on any atom is -0.380 e. The van der Waals surface area contributed by atoms with Crippen molar-refractivity contribution in [1.82, 2.24) is 10.0 Å². The molecule has 0 aromatic heterocycles. The van der Waals surface area contributed by atoms with Crippen molar-refractivity contribution >= 4 is 10.0 Å². The van der Waals surface area contributed by atoms with Gasteiger partial charge in [-0.1, -0.05) is 31.2 Å². The lowest BCUT2D eigenvalue weighted by atomic mass is 10.1. The van der Waals surface area contributed by atoms with E-state index in [1.165, 1.54) is 0 Å². The molecule has 0 amide bonds. The van der Waals surface area contributed by atoms with Crippen molar-refractivity contribution in [1.29, 1.82) is 0 Å².